The summed E-state index contributed by atoms with van der Waals surface area (Å²) in [7, 11) is 0. The van der Waals surface area contributed by atoms with Crippen molar-refractivity contribution in [3.8, 4) is 38.8 Å². The van der Waals surface area contributed by atoms with Crippen molar-refractivity contribution >= 4 is 76.6 Å². The summed E-state index contributed by atoms with van der Waals surface area (Å²) < 4.78 is 7.36. The zero-order chi connectivity index (χ0) is 34.2. The van der Waals surface area contributed by atoms with Gasteiger partial charge < -0.3 is 0 Å². The Balaban J connectivity index is 1.11. The average molecular weight is 681 g/mol. The monoisotopic (exact) mass is 680 g/mol. The van der Waals surface area contributed by atoms with Crippen molar-refractivity contribution in [3.05, 3.63) is 170 Å². The smallest absolute Gasteiger partial charge is 0.174 e. The first-order valence-electron chi connectivity index (χ1n) is 17.4. The van der Waals surface area contributed by atoms with Crippen molar-refractivity contribution in [2.24, 2.45) is 0 Å². The summed E-state index contributed by atoms with van der Waals surface area (Å²) in [5, 5.41) is 12.7. The minimum Gasteiger partial charge on any atom is -0.293 e. The molecule has 3 aromatic heterocycles. The molecule has 0 aliphatic rings. The number of hydrogen-bond donors (Lipinski definition) is 0. The fourth-order valence-corrected chi connectivity index (χ4v) is 8.76. The van der Waals surface area contributed by atoms with Gasteiger partial charge in [-0.2, -0.15) is 4.37 Å². The predicted molar refractivity (Wildman–Crippen MR) is 218 cm³/mol. The molecule has 52 heavy (non-hydrogen) atoms. The van der Waals surface area contributed by atoms with Crippen LogP contribution in [-0.2, 0) is 0 Å². The zero-order valence-electron chi connectivity index (χ0n) is 27.9. The van der Waals surface area contributed by atoms with E-state index in [2.05, 4.69) is 162 Å². The fraction of sp³-hybridized carbons (Fsp3) is 0. The molecule has 242 valence electrons. The van der Waals surface area contributed by atoms with E-state index in [1.807, 2.05) is 12.3 Å². The molecule has 0 radical (unpaired) electrons. The first-order valence-corrected chi connectivity index (χ1v) is 18.2. The van der Waals surface area contributed by atoms with Crippen molar-refractivity contribution in [2.75, 3.05) is 0 Å². The molecule has 11 rings (SSSR count). The van der Waals surface area contributed by atoms with Crippen molar-refractivity contribution in [2.45, 2.75) is 0 Å². The topological polar surface area (TPSA) is 43.6 Å². The van der Waals surface area contributed by atoms with E-state index in [0.29, 0.717) is 0 Å². The second-order valence-corrected chi connectivity index (χ2v) is 14.0. The summed E-state index contributed by atoms with van der Waals surface area (Å²) in [5.41, 5.74) is 7.67. The van der Waals surface area contributed by atoms with E-state index < -0.39 is 0 Å². The first-order chi connectivity index (χ1) is 25.8. The van der Waals surface area contributed by atoms with E-state index in [1.54, 1.807) is 0 Å². The molecule has 5 heteroatoms. The van der Waals surface area contributed by atoms with Gasteiger partial charge in [0.1, 0.15) is 10.7 Å². The lowest BCUT2D eigenvalue weighted by Gasteiger charge is -2.16. The first kappa shape index (κ1) is 29.1. The second-order valence-electron chi connectivity index (χ2n) is 13.3. The third-order valence-electron chi connectivity index (χ3n) is 10.4. The molecule has 4 nitrogen and oxygen atoms in total. The van der Waals surface area contributed by atoms with Crippen LogP contribution in [-0.4, -0.2) is 18.9 Å². The fourth-order valence-electron chi connectivity index (χ4n) is 8.09. The van der Waals surface area contributed by atoms with E-state index in [-0.39, 0.29) is 0 Å². The number of aromatic nitrogens is 4. The lowest BCUT2D eigenvalue weighted by Crippen LogP contribution is -1.96. The van der Waals surface area contributed by atoms with Crippen molar-refractivity contribution in [1.29, 1.82) is 0 Å². The molecule has 0 atom stereocenters. The quantitative estimate of drug-likeness (QED) is 0.174. The number of rotatable bonds is 4. The summed E-state index contributed by atoms with van der Waals surface area (Å²) in [6, 6.07) is 58.5. The largest absolute Gasteiger partial charge is 0.293 e. The predicted octanol–water partition coefficient (Wildman–Crippen LogP) is 12.6. The van der Waals surface area contributed by atoms with Crippen LogP contribution in [0.3, 0.4) is 0 Å². The standard InChI is InChI=1S/C47H28N4S/c1-2-13-31-27-32(23-22-29(31)11-1)43-36-16-5-7-18-38(36)44(39-19-8-6-17-37(39)43)45-49-47(52-50-45)33-24-25-35-40-20-10-26-48-46(40)51(42(35)28-33)41-21-9-14-30-12-3-4-15-34(30)41/h1-28H. The Morgan fingerprint density at radius 2 is 1.08 bits per heavy atom. The highest BCUT2D eigenvalue weighted by Crippen LogP contribution is 2.44. The SMILES string of the molecule is c1ccc2cc(-c3c4ccccc4c(-c4nsc(-c5ccc6c7cccnc7n(-c7cccc8ccccc78)c6c5)n4)c4ccccc34)ccc2c1. The van der Waals surface area contributed by atoms with E-state index in [1.165, 1.54) is 55.0 Å². The van der Waals surface area contributed by atoms with Gasteiger partial charge in [0.15, 0.2) is 5.82 Å². The molecule has 0 saturated carbocycles. The molecule has 0 amide bonds. The Morgan fingerprint density at radius 1 is 0.442 bits per heavy atom. The van der Waals surface area contributed by atoms with Crippen LogP contribution in [0.1, 0.15) is 0 Å². The van der Waals surface area contributed by atoms with Gasteiger partial charge in [-0.1, -0.05) is 133 Å². The highest BCUT2D eigenvalue weighted by atomic mass is 32.1. The molecule has 0 spiro atoms. The van der Waals surface area contributed by atoms with Crippen LogP contribution in [0, 0.1) is 0 Å². The molecule has 0 aliphatic carbocycles. The minimum atomic E-state index is 0.744. The second kappa shape index (κ2) is 11.4. The van der Waals surface area contributed by atoms with E-state index >= 15 is 0 Å². The third kappa shape index (κ3) is 4.36. The van der Waals surface area contributed by atoms with Gasteiger partial charge in [0.05, 0.1) is 11.2 Å². The maximum Gasteiger partial charge on any atom is 0.174 e. The Bertz CT molecular complexity index is 3150. The maximum atomic E-state index is 5.29. The summed E-state index contributed by atoms with van der Waals surface area (Å²) in [6.45, 7) is 0. The lowest BCUT2D eigenvalue weighted by atomic mass is 9.87. The Morgan fingerprint density at radius 3 is 1.87 bits per heavy atom. The van der Waals surface area contributed by atoms with Gasteiger partial charge in [-0.15, -0.1) is 0 Å². The van der Waals surface area contributed by atoms with Crippen LogP contribution >= 0.6 is 11.5 Å². The van der Waals surface area contributed by atoms with Gasteiger partial charge in [0.25, 0.3) is 0 Å². The Hall–Kier alpha value is -6.69. The Labute approximate surface area is 303 Å². The molecule has 0 N–H and O–H groups in total. The normalized spacial score (nSPS) is 11.8. The molecule has 0 aliphatic heterocycles. The van der Waals surface area contributed by atoms with Crippen LogP contribution < -0.4 is 0 Å². The third-order valence-corrected chi connectivity index (χ3v) is 11.2. The lowest BCUT2D eigenvalue weighted by molar-refractivity contribution is 1.15. The van der Waals surface area contributed by atoms with Crippen LogP contribution in [0.25, 0.3) is 104 Å². The molecule has 0 saturated heterocycles. The molecule has 8 aromatic carbocycles. The number of hydrogen-bond acceptors (Lipinski definition) is 4. The van der Waals surface area contributed by atoms with Crippen LogP contribution in [0.5, 0.6) is 0 Å². The number of pyridine rings is 1. The van der Waals surface area contributed by atoms with Gasteiger partial charge in [0, 0.05) is 33.5 Å². The van der Waals surface area contributed by atoms with Crippen LogP contribution in [0.2, 0.25) is 0 Å². The zero-order valence-corrected chi connectivity index (χ0v) is 28.7. The molecule has 0 fully saturated rings. The van der Waals surface area contributed by atoms with E-state index in [9.17, 15) is 0 Å². The molecule has 0 bridgehead atoms. The summed E-state index contributed by atoms with van der Waals surface area (Å²) >= 11 is 1.45. The maximum absolute atomic E-state index is 5.29. The van der Waals surface area contributed by atoms with Crippen LogP contribution in [0.4, 0.5) is 0 Å². The molecule has 3 heterocycles. The van der Waals surface area contributed by atoms with Crippen LogP contribution in [0.15, 0.2) is 170 Å². The molecule has 0 unspecified atom stereocenters. The van der Waals surface area contributed by atoms with Gasteiger partial charge >= 0.3 is 0 Å². The van der Waals surface area contributed by atoms with Gasteiger partial charge in [-0.05, 0) is 90.7 Å². The van der Waals surface area contributed by atoms with Crippen molar-refractivity contribution in [1.82, 2.24) is 18.9 Å². The van der Waals surface area contributed by atoms with Crippen molar-refractivity contribution in [3.63, 3.8) is 0 Å². The van der Waals surface area contributed by atoms with E-state index in [4.69, 9.17) is 14.3 Å². The minimum absolute atomic E-state index is 0.744. The summed E-state index contributed by atoms with van der Waals surface area (Å²) in [6.07, 6.45) is 1.88. The molecular formula is C47H28N4S. The van der Waals surface area contributed by atoms with E-state index in [0.717, 1.165) is 60.4 Å². The highest BCUT2D eigenvalue weighted by Gasteiger charge is 2.21. The van der Waals surface area contributed by atoms with Gasteiger partial charge in [0.2, 0.25) is 0 Å². The summed E-state index contributed by atoms with van der Waals surface area (Å²) in [4.78, 5) is 10.2. The van der Waals surface area contributed by atoms with Gasteiger partial charge in [-0.3, -0.25) is 4.57 Å². The molecule has 11 aromatic rings. The van der Waals surface area contributed by atoms with Crippen molar-refractivity contribution < 1.29 is 0 Å². The Kier molecular flexibility index (Phi) is 6.39. The number of benzene rings is 8. The number of nitrogens with zero attached hydrogens (tertiary/aromatic N) is 4. The summed E-state index contributed by atoms with van der Waals surface area (Å²) in [5.74, 6) is 0.744. The number of fused-ring (bicyclic) bond motifs is 7. The van der Waals surface area contributed by atoms with Gasteiger partial charge in [-0.25, -0.2) is 9.97 Å². The highest BCUT2D eigenvalue weighted by molar-refractivity contribution is 7.09. The molecular weight excluding hydrogens is 653 g/mol. The average Bonchev–Trinajstić information content (AvgIpc) is 3.82.